The standard InChI is InChI=1S/C17H27N3O2/c1-4-5-9-12-20(14(2)3)13-16(21)19-17(22)18-15-10-7-6-8-11-15/h6-8,10-11,14H,4-5,9,12-13H2,1-3H3,(H2,18,19,21,22). The van der Waals surface area contributed by atoms with Crippen molar-refractivity contribution in [2.24, 2.45) is 0 Å². The summed E-state index contributed by atoms with van der Waals surface area (Å²) >= 11 is 0. The van der Waals surface area contributed by atoms with Crippen molar-refractivity contribution in [2.75, 3.05) is 18.4 Å². The minimum atomic E-state index is -0.492. The minimum absolute atomic E-state index is 0.240. The number of urea groups is 1. The Morgan fingerprint density at radius 3 is 2.41 bits per heavy atom. The Kier molecular flexibility index (Phi) is 8.22. The molecule has 2 N–H and O–H groups in total. The maximum Gasteiger partial charge on any atom is 0.325 e. The lowest BCUT2D eigenvalue weighted by Crippen LogP contribution is -2.44. The number of nitrogens with zero attached hydrogens (tertiary/aromatic N) is 1. The van der Waals surface area contributed by atoms with Crippen molar-refractivity contribution < 1.29 is 9.59 Å². The van der Waals surface area contributed by atoms with E-state index < -0.39 is 6.03 Å². The van der Waals surface area contributed by atoms with Crippen LogP contribution in [0.25, 0.3) is 0 Å². The lowest BCUT2D eigenvalue weighted by atomic mass is 10.2. The van der Waals surface area contributed by atoms with Gasteiger partial charge in [0.15, 0.2) is 0 Å². The van der Waals surface area contributed by atoms with Gasteiger partial charge in [-0.25, -0.2) is 4.79 Å². The molecular formula is C17H27N3O2. The molecule has 5 nitrogen and oxygen atoms in total. The minimum Gasteiger partial charge on any atom is -0.308 e. The van der Waals surface area contributed by atoms with Crippen LogP contribution in [-0.4, -0.2) is 36.0 Å². The van der Waals surface area contributed by atoms with Crippen LogP contribution in [0, 0.1) is 0 Å². The van der Waals surface area contributed by atoms with Crippen molar-refractivity contribution in [3.05, 3.63) is 30.3 Å². The third kappa shape index (κ3) is 7.22. The lowest BCUT2D eigenvalue weighted by Gasteiger charge is -2.25. The molecule has 0 atom stereocenters. The molecule has 0 fully saturated rings. The van der Waals surface area contributed by atoms with Crippen LogP contribution in [0.5, 0.6) is 0 Å². The monoisotopic (exact) mass is 305 g/mol. The van der Waals surface area contributed by atoms with Gasteiger partial charge in [-0.3, -0.25) is 15.0 Å². The summed E-state index contributed by atoms with van der Waals surface area (Å²) in [5.74, 6) is -0.279. The number of carbonyl (C=O) groups excluding carboxylic acids is 2. The molecule has 0 saturated carbocycles. The van der Waals surface area contributed by atoms with Crippen LogP contribution in [0.4, 0.5) is 10.5 Å². The van der Waals surface area contributed by atoms with Crippen LogP contribution in [0.2, 0.25) is 0 Å². The molecule has 1 rings (SSSR count). The molecule has 0 aromatic heterocycles. The summed E-state index contributed by atoms with van der Waals surface area (Å²) in [6.45, 7) is 7.38. The van der Waals surface area contributed by atoms with Gasteiger partial charge in [-0.1, -0.05) is 38.0 Å². The van der Waals surface area contributed by atoms with E-state index in [0.717, 1.165) is 25.8 Å². The third-order valence-electron chi connectivity index (χ3n) is 3.41. The van der Waals surface area contributed by atoms with Crippen molar-refractivity contribution >= 4 is 17.6 Å². The smallest absolute Gasteiger partial charge is 0.308 e. The van der Waals surface area contributed by atoms with Crippen molar-refractivity contribution in [3.63, 3.8) is 0 Å². The molecule has 122 valence electrons. The van der Waals surface area contributed by atoms with E-state index >= 15 is 0 Å². The highest BCUT2D eigenvalue weighted by Gasteiger charge is 2.15. The Bertz CT molecular complexity index is 460. The highest BCUT2D eigenvalue weighted by molar-refractivity contribution is 6.01. The van der Waals surface area contributed by atoms with Crippen molar-refractivity contribution in [1.29, 1.82) is 0 Å². The molecular weight excluding hydrogens is 278 g/mol. The molecule has 0 heterocycles. The molecule has 0 aliphatic heterocycles. The van der Waals surface area contributed by atoms with E-state index in [1.54, 1.807) is 12.1 Å². The molecule has 1 aromatic rings. The highest BCUT2D eigenvalue weighted by Crippen LogP contribution is 2.05. The number of carbonyl (C=O) groups is 2. The fourth-order valence-electron chi connectivity index (χ4n) is 2.12. The van der Waals surface area contributed by atoms with Crippen LogP contribution in [0.1, 0.15) is 40.0 Å². The third-order valence-corrected chi connectivity index (χ3v) is 3.41. The Morgan fingerprint density at radius 1 is 1.14 bits per heavy atom. The summed E-state index contributed by atoms with van der Waals surface area (Å²) in [7, 11) is 0. The summed E-state index contributed by atoms with van der Waals surface area (Å²) in [5.41, 5.74) is 0.663. The fraction of sp³-hybridized carbons (Fsp3) is 0.529. The second-order valence-electron chi connectivity index (χ2n) is 5.64. The van der Waals surface area contributed by atoms with Gasteiger partial charge in [-0.05, 0) is 38.9 Å². The zero-order valence-electron chi connectivity index (χ0n) is 13.8. The Morgan fingerprint density at radius 2 is 1.82 bits per heavy atom. The Balaban J connectivity index is 2.40. The van der Waals surface area contributed by atoms with Crippen LogP contribution < -0.4 is 10.6 Å². The van der Waals surface area contributed by atoms with Gasteiger partial charge >= 0.3 is 6.03 Å². The number of anilines is 1. The lowest BCUT2D eigenvalue weighted by molar-refractivity contribution is -0.121. The van der Waals surface area contributed by atoms with E-state index in [0.29, 0.717) is 5.69 Å². The van der Waals surface area contributed by atoms with E-state index in [4.69, 9.17) is 0 Å². The van der Waals surface area contributed by atoms with Crippen molar-refractivity contribution in [2.45, 2.75) is 46.1 Å². The molecule has 1 aromatic carbocycles. The number of benzene rings is 1. The molecule has 0 radical (unpaired) electrons. The molecule has 0 saturated heterocycles. The van der Waals surface area contributed by atoms with Crippen LogP contribution in [0.15, 0.2) is 30.3 Å². The SMILES string of the molecule is CCCCCN(CC(=O)NC(=O)Nc1ccccc1)C(C)C. The summed E-state index contributed by atoms with van der Waals surface area (Å²) < 4.78 is 0. The van der Waals surface area contributed by atoms with Gasteiger partial charge in [0, 0.05) is 11.7 Å². The zero-order valence-corrected chi connectivity index (χ0v) is 13.8. The predicted octanol–water partition coefficient (Wildman–Crippen LogP) is 3.24. The van der Waals surface area contributed by atoms with Gasteiger partial charge in [0.05, 0.1) is 6.54 Å². The molecule has 0 aliphatic carbocycles. The van der Waals surface area contributed by atoms with Crippen molar-refractivity contribution in [1.82, 2.24) is 10.2 Å². The number of hydrogen-bond donors (Lipinski definition) is 2. The van der Waals surface area contributed by atoms with E-state index in [1.807, 2.05) is 18.2 Å². The first-order chi connectivity index (χ1) is 10.5. The van der Waals surface area contributed by atoms with E-state index in [-0.39, 0.29) is 18.5 Å². The molecule has 0 spiro atoms. The molecule has 5 heteroatoms. The summed E-state index contributed by atoms with van der Waals surface area (Å²) in [4.78, 5) is 25.8. The fourth-order valence-corrected chi connectivity index (χ4v) is 2.12. The summed E-state index contributed by atoms with van der Waals surface area (Å²) in [5, 5.41) is 5.01. The number of nitrogens with one attached hydrogen (secondary N) is 2. The number of amides is 3. The number of imide groups is 1. The van der Waals surface area contributed by atoms with E-state index in [1.165, 1.54) is 0 Å². The molecule has 0 aliphatic rings. The molecule has 22 heavy (non-hydrogen) atoms. The first kappa shape index (κ1) is 18.2. The predicted molar refractivity (Wildman–Crippen MR) is 89.8 cm³/mol. The van der Waals surface area contributed by atoms with E-state index in [9.17, 15) is 9.59 Å². The Hall–Kier alpha value is -1.88. The van der Waals surface area contributed by atoms with Gasteiger partial charge < -0.3 is 5.32 Å². The van der Waals surface area contributed by atoms with Gasteiger partial charge in [0.25, 0.3) is 0 Å². The van der Waals surface area contributed by atoms with Gasteiger partial charge in [-0.2, -0.15) is 0 Å². The average Bonchev–Trinajstić information content (AvgIpc) is 2.47. The maximum atomic E-state index is 12.0. The van der Waals surface area contributed by atoms with Crippen LogP contribution in [-0.2, 0) is 4.79 Å². The van der Waals surface area contributed by atoms with Crippen molar-refractivity contribution in [3.8, 4) is 0 Å². The number of hydrogen-bond acceptors (Lipinski definition) is 3. The van der Waals surface area contributed by atoms with E-state index in [2.05, 4.69) is 36.3 Å². The molecule has 3 amide bonds. The summed E-state index contributed by atoms with van der Waals surface area (Å²) in [6.07, 6.45) is 3.37. The van der Waals surface area contributed by atoms with Gasteiger partial charge in [-0.15, -0.1) is 0 Å². The summed E-state index contributed by atoms with van der Waals surface area (Å²) in [6, 6.07) is 8.85. The first-order valence-corrected chi connectivity index (χ1v) is 7.92. The number of para-hydroxylation sites is 1. The van der Waals surface area contributed by atoms with Gasteiger partial charge in [0.1, 0.15) is 0 Å². The Labute approximate surface area is 133 Å². The number of unbranched alkanes of at least 4 members (excludes halogenated alkanes) is 2. The highest BCUT2D eigenvalue weighted by atomic mass is 16.2. The second kappa shape index (κ2) is 9.95. The van der Waals surface area contributed by atoms with Gasteiger partial charge in [0.2, 0.25) is 5.91 Å². The van der Waals surface area contributed by atoms with Crippen LogP contribution >= 0.6 is 0 Å². The average molecular weight is 305 g/mol. The topological polar surface area (TPSA) is 61.4 Å². The normalized spacial score (nSPS) is 10.8. The molecule has 0 unspecified atom stereocenters. The quantitative estimate of drug-likeness (QED) is 0.725. The van der Waals surface area contributed by atoms with Crippen LogP contribution in [0.3, 0.4) is 0 Å². The largest absolute Gasteiger partial charge is 0.325 e. The number of rotatable bonds is 8. The first-order valence-electron chi connectivity index (χ1n) is 7.92. The zero-order chi connectivity index (χ0) is 16.4. The second-order valence-corrected chi connectivity index (χ2v) is 5.64. The molecule has 0 bridgehead atoms. The maximum absolute atomic E-state index is 12.0.